The average molecular weight is 311 g/mol. The quantitative estimate of drug-likeness (QED) is 0.885. The molecule has 2 aromatic rings. The fourth-order valence-corrected chi connectivity index (χ4v) is 2.61. The van der Waals surface area contributed by atoms with Crippen molar-refractivity contribution in [2.75, 3.05) is 13.7 Å². The first-order chi connectivity index (χ1) is 11.0. The van der Waals surface area contributed by atoms with Crippen molar-refractivity contribution in [1.29, 1.82) is 0 Å². The molecule has 0 aromatic heterocycles. The van der Waals surface area contributed by atoms with Crippen LogP contribution in [0.4, 0.5) is 4.79 Å². The zero-order chi connectivity index (χ0) is 16.4. The highest BCUT2D eigenvalue weighted by Gasteiger charge is 2.36. The fraction of sp³-hybridized carbons (Fsp3) is 0.222. The minimum atomic E-state index is -0.496. The third-order valence-electron chi connectivity index (χ3n) is 4.03. The van der Waals surface area contributed by atoms with Gasteiger partial charge in [-0.15, -0.1) is 0 Å². The highest BCUT2D eigenvalue weighted by atomic mass is 16.6. The smallest absolute Gasteiger partial charge is 0.408 e. The topological polar surface area (TPSA) is 64.6 Å². The maximum absolute atomic E-state index is 11.4. The van der Waals surface area contributed by atoms with Crippen LogP contribution in [0.25, 0.3) is 11.1 Å². The number of amides is 1. The lowest BCUT2D eigenvalue weighted by atomic mass is 9.92. The number of hydrogen-bond donors (Lipinski definition) is 1. The van der Waals surface area contributed by atoms with Crippen molar-refractivity contribution in [3.05, 3.63) is 59.7 Å². The van der Waals surface area contributed by atoms with Crippen molar-refractivity contribution >= 4 is 12.1 Å². The summed E-state index contributed by atoms with van der Waals surface area (Å²) in [7, 11) is 1.36. The van der Waals surface area contributed by atoms with Crippen LogP contribution in [0.3, 0.4) is 0 Å². The minimum Gasteiger partial charge on any atom is -0.465 e. The van der Waals surface area contributed by atoms with Gasteiger partial charge in [0.1, 0.15) is 6.61 Å². The van der Waals surface area contributed by atoms with E-state index in [0.29, 0.717) is 12.2 Å². The van der Waals surface area contributed by atoms with Crippen LogP contribution in [0.2, 0.25) is 0 Å². The summed E-state index contributed by atoms with van der Waals surface area (Å²) in [5.74, 6) is -0.350. The van der Waals surface area contributed by atoms with Crippen molar-refractivity contribution in [2.24, 2.45) is 0 Å². The Morgan fingerprint density at radius 1 is 1.09 bits per heavy atom. The van der Waals surface area contributed by atoms with E-state index in [2.05, 4.69) is 10.1 Å². The summed E-state index contributed by atoms with van der Waals surface area (Å²) in [5, 5.41) is 2.82. The molecule has 1 aliphatic rings. The van der Waals surface area contributed by atoms with E-state index >= 15 is 0 Å². The van der Waals surface area contributed by atoms with E-state index in [0.717, 1.165) is 16.7 Å². The van der Waals surface area contributed by atoms with Crippen LogP contribution in [0, 0.1) is 0 Å². The Bertz CT molecular complexity index is 737. The number of methoxy groups -OCH3 is 1. The Hall–Kier alpha value is -2.82. The molecule has 0 aliphatic carbocycles. The molecule has 0 unspecified atom stereocenters. The van der Waals surface area contributed by atoms with E-state index in [4.69, 9.17) is 4.74 Å². The maximum atomic E-state index is 11.4. The zero-order valence-electron chi connectivity index (χ0n) is 13.0. The van der Waals surface area contributed by atoms with Gasteiger partial charge < -0.3 is 14.8 Å². The van der Waals surface area contributed by atoms with Crippen LogP contribution in [0.5, 0.6) is 0 Å². The summed E-state index contributed by atoms with van der Waals surface area (Å²) in [6.45, 7) is 2.25. The molecule has 0 bridgehead atoms. The van der Waals surface area contributed by atoms with Gasteiger partial charge in [-0.1, -0.05) is 36.4 Å². The molecular weight excluding hydrogens is 294 g/mol. The molecule has 1 N–H and O–H groups in total. The standard InChI is InChI=1S/C18H17NO4/c1-18(11-23-17(21)19-18)15-9-7-13(8-10-15)12-3-5-14(6-4-12)16(20)22-2/h3-10H,11H2,1-2H3,(H,19,21)/t18-/m0/s1. The molecule has 2 aromatic carbocycles. The molecule has 0 radical (unpaired) electrons. The first kappa shape index (κ1) is 15.1. The molecule has 1 amide bonds. The second-order valence-electron chi connectivity index (χ2n) is 5.68. The van der Waals surface area contributed by atoms with E-state index in [1.54, 1.807) is 12.1 Å². The number of ether oxygens (including phenoxy) is 2. The van der Waals surface area contributed by atoms with E-state index < -0.39 is 11.6 Å². The maximum Gasteiger partial charge on any atom is 0.408 e. The summed E-state index contributed by atoms with van der Waals surface area (Å²) >= 11 is 0. The number of benzene rings is 2. The fourth-order valence-electron chi connectivity index (χ4n) is 2.61. The molecule has 1 fully saturated rings. The molecule has 23 heavy (non-hydrogen) atoms. The highest BCUT2D eigenvalue weighted by Crippen LogP contribution is 2.28. The van der Waals surface area contributed by atoms with Crippen LogP contribution in [0.15, 0.2) is 48.5 Å². The summed E-state index contributed by atoms with van der Waals surface area (Å²) < 4.78 is 9.68. The third-order valence-corrected chi connectivity index (χ3v) is 4.03. The van der Waals surface area contributed by atoms with Gasteiger partial charge in [0, 0.05) is 0 Å². The van der Waals surface area contributed by atoms with Crippen LogP contribution in [-0.2, 0) is 15.0 Å². The largest absolute Gasteiger partial charge is 0.465 e. The lowest BCUT2D eigenvalue weighted by Gasteiger charge is -2.21. The molecule has 5 nitrogen and oxygen atoms in total. The number of carbonyl (C=O) groups is 2. The number of esters is 1. The van der Waals surface area contributed by atoms with E-state index in [1.807, 2.05) is 43.3 Å². The summed E-state index contributed by atoms with van der Waals surface area (Å²) in [6, 6.07) is 15.1. The van der Waals surface area contributed by atoms with Gasteiger partial charge in [-0.05, 0) is 35.7 Å². The normalized spacial score (nSPS) is 19.8. The Morgan fingerprint density at radius 2 is 1.65 bits per heavy atom. The van der Waals surface area contributed by atoms with Crippen molar-refractivity contribution < 1.29 is 19.1 Å². The number of rotatable bonds is 3. The SMILES string of the molecule is COC(=O)c1ccc(-c2ccc([C@]3(C)COC(=O)N3)cc2)cc1. The van der Waals surface area contributed by atoms with E-state index in [-0.39, 0.29) is 5.97 Å². The highest BCUT2D eigenvalue weighted by molar-refractivity contribution is 5.90. The van der Waals surface area contributed by atoms with Crippen molar-refractivity contribution in [3.63, 3.8) is 0 Å². The van der Waals surface area contributed by atoms with Crippen LogP contribution in [0.1, 0.15) is 22.8 Å². The van der Waals surface area contributed by atoms with Gasteiger partial charge in [0.05, 0.1) is 18.2 Å². The van der Waals surface area contributed by atoms with E-state index in [9.17, 15) is 9.59 Å². The van der Waals surface area contributed by atoms with Gasteiger partial charge in [-0.3, -0.25) is 0 Å². The molecule has 3 rings (SSSR count). The Balaban J connectivity index is 1.82. The predicted molar refractivity (Wildman–Crippen MR) is 85.1 cm³/mol. The Morgan fingerprint density at radius 3 is 2.13 bits per heavy atom. The number of nitrogens with one attached hydrogen (secondary N) is 1. The Kier molecular flexibility index (Phi) is 3.78. The lowest BCUT2D eigenvalue weighted by molar-refractivity contribution is 0.0600. The summed E-state index contributed by atoms with van der Waals surface area (Å²) in [4.78, 5) is 22.7. The Labute approximate surface area is 134 Å². The molecular formula is C18H17NO4. The third kappa shape index (κ3) is 2.90. The first-order valence-electron chi connectivity index (χ1n) is 7.26. The van der Waals surface area contributed by atoms with Gasteiger partial charge >= 0.3 is 12.1 Å². The molecule has 5 heteroatoms. The van der Waals surface area contributed by atoms with Gasteiger partial charge in [0.15, 0.2) is 0 Å². The zero-order valence-corrected chi connectivity index (χ0v) is 13.0. The second kappa shape index (κ2) is 5.76. The van der Waals surface area contributed by atoms with Crippen molar-refractivity contribution in [1.82, 2.24) is 5.32 Å². The van der Waals surface area contributed by atoms with Crippen LogP contribution >= 0.6 is 0 Å². The molecule has 118 valence electrons. The number of carbonyl (C=O) groups excluding carboxylic acids is 2. The molecule has 1 saturated heterocycles. The molecule has 1 atom stereocenters. The van der Waals surface area contributed by atoms with E-state index in [1.165, 1.54) is 7.11 Å². The van der Waals surface area contributed by atoms with Crippen molar-refractivity contribution in [2.45, 2.75) is 12.5 Å². The van der Waals surface area contributed by atoms with Crippen molar-refractivity contribution in [3.8, 4) is 11.1 Å². The number of cyclic esters (lactones) is 1. The van der Waals surface area contributed by atoms with Gasteiger partial charge in [-0.25, -0.2) is 9.59 Å². The summed E-state index contributed by atoms with van der Waals surface area (Å²) in [5.41, 5.74) is 3.04. The van der Waals surface area contributed by atoms with Gasteiger partial charge in [0.25, 0.3) is 0 Å². The van der Waals surface area contributed by atoms with Crippen LogP contribution in [-0.4, -0.2) is 25.8 Å². The molecule has 0 saturated carbocycles. The second-order valence-corrected chi connectivity index (χ2v) is 5.68. The summed E-state index contributed by atoms with van der Waals surface area (Å²) in [6.07, 6.45) is -0.394. The van der Waals surface area contributed by atoms with Crippen LogP contribution < -0.4 is 5.32 Å². The molecule has 1 heterocycles. The predicted octanol–water partition coefficient (Wildman–Crippen LogP) is 3.10. The molecule has 0 spiro atoms. The monoisotopic (exact) mass is 311 g/mol. The number of alkyl carbamates (subject to hydrolysis) is 1. The minimum absolute atomic E-state index is 0.318. The molecule has 1 aliphatic heterocycles. The number of hydrogen-bond acceptors (Lipinski definition) is 4. The first-order valence-corrected chi connectivity index (χ1v) is 7.26. The lowest BCUT2D eigenvalue weighted by Crippen LogP contribution is -2.37. The van der Waals surface area contributed by atoms with Gasteiger partial charge in [0.2, 0.25) is 0 Å². The average Bonchev–Trinajstić information content (AvgIpc) is 2.95. The van der Waals surface area contributed by atoms with Gasteiger partial charge in [-0.2, -0.15) is 0 Å².